The molecule has 0 aliphatic carbocycles. The maximum Gasteiger partial charge on any atom is 0.225 e. The van der Waals surface area contributed by atoms with Gasteiger partial charge in [-0.25, -0.2) is 17.8 Å². The smallest absolute Gasteiger partial charge is 0.225 e. The van der Waals surface area contributed by atoms with Crippen LogP contribution in [0.15, 0.2) is 65.8 Å². The summed E-state index contributed by atoms with van der Waals surface area (Å²) in [6.07, 6.45) is 5.21. The lowest BCUT2D eigenvalue weighted by Crippen LogP contribution is -2.39. The van der Waals surface area contributed by atoms with Gasteiger partial charge >= 0.3 is 0 Å². The summed E-state index contributed by atoms with van der Waals surface area (Å²) in [6.45, 7) is 3.57. The van der Waals surface area contributed by atoms with Gasteiger partial charge in [-0.3, -0.25) is 4.79 Å². The summed E-state index contributed by atoms with van der Waals surface area (Å²) < 4.78 is 46.4. The summed E-state index contributed by atoms with van der Waals surface area (Å²) in [5, 5.41) is 0. The quantitative estimate of drug-likeness (QED) is 0.445. The van der Waals surface area contributed by atoms with E-state index >= 15 is 0 Å². The Balaban J connectivity index is 1.27. The summed E-state index contributed by atoms with van der Waals surface area (Å²) in [7, 11) is -3.39. The molecule has 0 radical (unpaired) electrons. The van der Waals surface area contributed by atoms with Crippen LogP contribution >= 0.6 is 0 Å². The first-order valence-corrected chi connectivity index (χ1v) is 13.4. The topological polar surface area (TPSA) is 81.5 Å². The number of rotatable bonds is 9. The highest BCUT2D eigenvalue weighted by Gasteiger charge is 2.27. The number of hydrogen-bond donors (Lipinski definition) is 0. The first-order valence-electron chi connectivity index (χ1n) is 11.8. The Hall–Kier alpha value is -3.20. The predicted molar refractivity (Wildman–Crippen MR) is 131 cm³/mol. The number of carbonyl (C=O) groups is 1. The van der Waals surface area contributed by atoms with Gasteiger partial charge in [0.25, 0.3) is 0 Å². The third-order valence-corrected chi connectivity index (χ3v) is 8.06. The van der Waals surface area contributed by atoms with Crippen LogP contribution in [-0.2, 0) is 21.2 Å². The fourth-order valence-electron chi connectivity index (χ4n) is 4.31. The second-order valence-corrected chi connectivity index (χ2v) is 10.9. The molecule has 7 nitrogen and oxygen atoms in total. The van der Waals surface area contributed by atoms with Gasteiger partial charge in [0.2, 0.25) is 5.91 Å². The minimum absolute atomic E-state index is 0.00123. The lowest BCUT2D eigenvalue weighted by Gasteiger charge is -2.32. The highest BCUT2D eigenvalue weighted by atomic mass is 32.2. The van der Waals surface area contributed by atoms with E-state index in [9.17, 15) is 17.6 Å². The first kappa shape index (κ1) is 24.9. The number of para-hydroxylation sites is 1. The van der Waals surface area contributed by atoms with Gasteiger partial charge in [0, 0.05) is 37.9 Å². The number of likely N-dealkylation sites (tertiary alicyclic amines) is 1. The van der Waals surface area contributed by atoms with Crippen LogP contribution in [0.3, 0.4) is 0 Å². The number of hydrogen-bond acceptors (Lipinski definition) is 5. The van der Waals surface area contributed by atoms with E-state index in [-0.39, 0.29) is 36.4 Å². The molecule has 1 amide bonds. The highest BCUT2D eigenvalue weighted by Crippen LogP contribution is 2.27. The number of nitrogens with zero attached hydrogens (tertiary/aromatic N) is 3. The number of benzene rings is 2. The molecule has 1 aliphatic rings. The normalized spacial score (nSPS) is 14.7. The first-order chi connectivity index (χ1) is 16.8. The second-order valence-electron chi connectivity index (χ2n) is 8.79. The van der Waals surface area contributed by atoms with Crippen LogP contribution in [0, 0.1) is 12.7 Å². The van der Waals surface area contributed by atoms with Gasteiger partial charge < -0.3 is 14.2 Å². The number of ether oxygens (including phenoxy) is 1. The van der Waals surface area contributed by atoms with Gasteiger partial charge in [-0.15, -0.1) is 0 Å². The summed E-state index contributed by atoms with van der Waals surface area (Å²) >= 11 is 0. The van der Waals surface area contributed by atoms with Crippen molar-refractivity contribution in [2.24, 2.45) is 0 Å². The molecule has 1 fully saturated rings. The largest absolute Gasteiger partial charge is 0.490 e. The van der Waals surface area contributed by atoms with Crippen molar-refractivity contribution < 1.29 is 22.3 Å². The Kier molecular flexibility index (Phi) is 7.85. The third kappa shape index (κ3) is 6.28. The fourth-order valence-corrected chi connectivity index (χ4v) is 5.53. The molecule has 3 aromatic rings. The van der Waals surface area contributed by atoms with Crippen LogP contribution < -0.4 is 4.74 Å². The molecule has 0 unspecified atom stereocenters. The highest BCUT2D eigenvalue weighted by molar-refractivity contribution is 7.91. The van der Waals surface area contributed by atoms with Gasteiger partial charge in [0.1, 0.15) is 5.82 Å². The molecule has 0 atom stereocenters. The average Bonchev–Trinajstić information content (AvgIpc) is 3.33. The minimum Gasteiger partial charge on any atom is -0.490 e. The Morgan fingerprint density at radius 2 is 1.83 bits per heavy atom. The number of aromatic nitrogens is 2. The molecule has 9 heteroatoms. The lowest BCUT2D eigenvalue weighted by molar-refractivity contribution is -0.132. The van der Waals surface area contributed by atoms with Crippen LogP contribution in [0.4, 0.5) is 4.39 Å². The Morgan fingerprint density at radius 1 is 1.11 bits per heavy atom. The molecule has 0 saturated carbocycles. The zero-order valence-electron chi connectivity index (χ0n) is 19.8. The Bertz CT molecular complexity index is 1250. The molecular weight excluding hydrogens is 469 g/mol. The zero-order valence-corrected chi connectivity index (χ0v) is 20.6. The van der Waals surface area contributed by atoms with E-state index in [0.29, 0.717) is 24.5 Å². The van der Waals surface area contributed by atoms with Crippen molar-refractivity contribution in [2.45, 2.75) is 43.5 Å². The number of carbonyl (C=O) groups excluding carboxylic acids is 1. The number of aryl methyl sites for hydroxylation is 2. The van der Waals surface area contributed by atoms with Crippen molar-refractivity contribution >= 4 is 15.7 Å². The lowest BCUT2D eigenvalue weighted by atomic mass is 9.95. The maximum atomic E-state index is 13.6. The van der Waals surface area contributed by atoms with E-state index in [0.717, 1.165) is 24.2 Å². The molecule has 35 heavy (non-hydrogen) atoms. The molecule has 1 saturated heterocycles. The summed E-state index contributed by atoms with van der Waals surface area (Å²) in [6, 6.07) is 13.0. The second kappa shape index (κ2) is 11.0. The molecule has 2 aromatic carbocycles. The molecule has 1 aromatic heterocycles. The molecule has 0 N–H and O–H groups in total. The van der Waals surface area contributed by atoms with Crippen molar-refractivity contribution in [3.05, 3.63) is 78.1 Å². The zero-order chi connectivity index (χ0) is 24.8. The SMILES string of the molecule is Cc1ccc(S(=O)(=O)CCn2ccnc2C2CCN(C(=O)CCOc3ccccc3F)CC2)cc1. The fraction of sp³-hybridized carbons (Fsp3) is 0.385. The number of piperidine rings is 1. The van der Waals surface area contributed by atoms with Gasteiger partial charge in [-0.1, -0.05) is 29.8 Å². The molecule has 2 heterocycles. The van der Waals surface area contributed by atoms with E-state index in [1.165, 1.54) is 6.07 Å². The predicted octanol–water partition coefficient (Wildman–Crippen LogP) is 3.98. The minimum atomic E-state index is -3.39. The van der Waals surface area contributed by atoms with Crippen molar-refractivity contribution in [2.75, 3.05) is 25.4 Å². The Morgan fingerprint density at radius 3 is 2.54 bits per heavy atom. The van der Waals surface area contributed by atoms with Crippen LogP contribution in [0.2, 0.25) is 0 Å². The number of amides is 1. The molecule has 0 spiro atoms. The van der Waals surface area contributed by atoms with Crippen molar-refractivity contribution in [1.82, 2.24) is 14.5 Å². The Labute approximate surface area is 205 Å². The molecule has 186 valence electrons. The maximum absolute atomic E-state index is 13.6. The van der Waals surface area contributed by atoms with Crippen LogP contribution in [-0.4, -0.2) is 54.2 Å². The number of halogens is 1. The van der Waals surface area contributed by atoms with E-state index in [4.69, 9.17) is 4.74 Å². The van der Waals surface area contributed by atoms with Crippen molar-refractivity contribution in [3.8, 4) is 5.75 Å². The van der Waals surface area contributed by atoms with Gasteiger partial charge in [-0.2, -0.15) is 0 Å². The average molecular weight is 500 g/mol. The van der Waals surface area contributed by atoms with Crippen molar-refractivity contribution in [1.29, 1.82) is 0 Å². The molecule has 1 aliphatic heterocycles. The van der Waals surface area contributed by atoms with Gasteiger partial charge in [-0.05, 0) is 44.0 Å². The van der Waals surface area contributed by atoms with Gasteiger partial charge in [0.15, 0.2) is 21.4 Å². The summed E-state index contributed by atoms with van der Waals surface area (Å²) in [5.41, 5.74) is 1.02. The third-order valence-electron chi connectivity index (χ3n) is 6.35. The summed E-state index contributed by atoms with van der Waals surface area (Å²) in [4.78, 5) is 19.2. The van der Waals surface area contributed by atoms with E-state index < -0.39 is 15.7 Å². The van der Waals surface area contributed by atoms with E-state index in [1.807, 2.05) is 17.7 Å². The van der Waals surface area contributed by atoms with Crippen LogP contribution in [0.5, 0.6) is 5.75 Å². The van der Waals surface area contributed by atoms with Crippen molar-refractivity contribution in [3.63, 3.8) is 0 Å². The standard InChI is InChI=1S/C26H30FN3O4S/c1-20-6-8-22(9-7-20)35(32,33)19-17-30-16-13-28-26(30)21-10-14-29(15-11-21)25(31)12-18-34-24-5-3-2-4-23(24)27/h2-9,13,16,21H,10-12,14-15,17-19H2,1H3. The summed E-state index contributed by atoms with van der Waals surface area (Å²) in [5.74, 6) is 0.703. The number of sulfone groups is 1. The van der Waals surface area contributed by atoms with E-state index in [1.54, 1.807) is 53.6 Å². The van der Waals surface area contributed by atoms with Crippen LogP contribution in [0.25, 0.3) is 0 Å². The molecular formula is C26H30FN3O4S. The van der Waals surface area contributed by atoms with Gasteiger partial charge in [0.05, 0.1) is 23.7 Å². The number of imidazole rings is 1. The van der Waals surface area contributed by atoms with E-state index in [2.05, 4.69) is 4.98 Å². The monoisotopic (exact) mass is 499 g/mol. The molecule has 0 bridgehead atoms. The van der Waals surface area contributed by atoms with Crippen LogP contribution in [0.1, 0.15) is 36.6 Å². The molecule has 4 rings (SSSR count).